The fourth-order valence-corrected chi connectivity index (χ4v) is 3.52. The Balaban J connectivity index is 1.48. The molecule has 124 valence electrons. The fraction of sp³-hybridized carbons (Fsp3) is 0.182. The molecule has 1 heterocycles. The van der Waals surface area contributed by atoms with Gasteiger partial charge in [-0.2, -0.15) is 4.57 Å². The predicted molar refractivity (Wildman–Crippen MR) is 98.7 cm³/mol. The molecule has 0 amide bonds. The molecule has 1 N–H and O–H groups in total. The maximum Gasteiger partial charge on any atom is 0.231 e. The summed E-state index contributed by atoms with van der Waals surface area (Å²) in [5.74, 6) is 0.225. The maximum atomic E-state index is 12.8. The van der Waals surface area contributed by atoms with Crippen LogP contribution in [0.25, 0.3) is 0 Å². The van der Waals surface area contributed by atoms with E-state index in [1.165, 1.54) is 5.56 Å². The van der Waals surface area contributed by atoms with Crippen molar-refractivity contribution in [3.05, 3.63) is 95.3 Å². The number of carbonyl (C=O) groups excluding carboxylic acids is 1. The van der Waals surface area contributed by atoms with Crippen molar-refractivity contribution in [2.45, 2.75) is 25.9 Å². The van der Waals surface area contributed by atoms with Gasteiger partial charge in [-0.3, -0.25) is 4.79 Å². The molecule has 4 rings (SSSR count). The molecule has 0 bridgehead atoms. The molecule has 1 unspecified atom stereocenters. The summed E-state index contributed by atoms with van der Waals surface area (Å²) in [7, 11) is 0. The highest BCUT2D eigenvalue weighted by molar-refractivity contribution is 6.03. The van der Waals surface area contributed by atoms with Gasteiger partial charge in [-0.15, -0.1) is 0 Å². The number of rotatable bonds is 4. The second-order valence-corrected chi connectivity index (χ2v) is 6.57. The van der Waals surface area contributed by atoms with Crippen molar-refractivity contribution in [1.29, 1.82) is 0 Å². The van der Waals surface area contributed by atoms with E-state index in [9.17, 15) is 4.79 Å². The zero-order valence-electron chi connectivity index (χ0n) is 14.3. The summed E-state index contributed by atoms with van der Waals surface area (Å²) in [4.78, 5) is 12.8. The SMILES string of the molecule is Cc1cccc2c1C(=O)C([n+]1ccc(NCc3ccccc3)cc1)C2. The normalized spacial score (nSPS) is 15.9. The molecular formula is C22H21N2O+. The second-order valence-electron chi connectivity index (χ2n) is 6.57. The summed E-state index contributed by atoms with van der Waals surface area (Å²) < 4.78 is 2.02. The van der Waals surface area contributed by atoms with Crippen molar-refractivity contribution in [2.24, 2.45) is 0 Å². The van der Waals surface area contributed by atoms with Gasteiger partial charge in [0.05, 0.1) is 0 Å². The number of pyridine rings is 1. The second kappa shape index (κ2) is 6.52. The first-order valence-electron chi connectivity index (χ1n) is 8.64. The highest BCUT2D eigenvalue weighted by Gasteiger charge is 2.38. The average Bonchev–Trinajstić information content (AvgIpc) is 2.99. The van der Waals surface area contributed by atoms with Crippen LogP contribution in [0, 0.1) is 6.92 Å². The number of aryl methyl sites for hydroxylation is 1. The Morgan fingerprint density at radius 3 is 2.48 bits per heavy atom. The minimum atomic E-state index is -0.126. The molecule has 0 spiro atoms. The van der Waals surface area contributed by atoms with E-state index in [0.29, 0.717) is 0 Å². The average molecular weight is 329 g/mol. The lowest BCUT2D eigenvalue weighted by atomic mass is 10.0. The number of Topliss-reactive ketones (excluding diaryl/α,β-unsaturated/α-hetero) is 1. The van der Waals surface area contributed by atoms with E-state index in [4.69, 9.17) is 0 Å². The van der Waals surface area contributed by atoms with Gasteiger partial charge in [0.1, 0.15) is 0 Å². The number of aromatic nitrogens is 1. The third kappa shape index (κ3) is 3.05. The molecule has 2 aromatic carbocycles. The summed E-state index contributed by atoms with van der Waals surface area (Å²) in [6.07, 6.45) is 4.77. The van der Waals surface area contributed by atoms with E-state index < -0.39 is 0 Å². The number of anilines is 1. The van der Waals surface area contributed by atoms with Gasteiger partial charge in [0.15, 0.2) is 12.4 Å². The monoisotopic (exact) mass is 329 g/mol. The van der Waals surface area contributed by atoms with Crippen molar-refractivity contribution in [1.82, 2.24) is 0 Å². The lowest BCUT2D eigenvalue weighted by molar-refractivity contribution is -0.706. The highest BCUT2D eigenvalue weighted by atomic mass is 16.1. The Kier molecular flexibility index (Phi) is 4.06. The van der Waals surface area contributed by atoms with Crippen LogP contribution in [0.15, 0.2) is 73.1 Å². The van der Waals surface area contributed by atoms with Gasteiger partial charge in [-0.1, -0.05) is 48.5 Å². The number of hydrogen-bond donors (Lipinski definition) is 1. The number of nitrogens with one attached hydrogen (secondary N) is 1. The smallest absolute Gasteiger partial charge is 0.231 e. The highest BCUT2D eigenvalue weighted by Crippen LogP contribution is 2.29. The van der Waals surface area contributed by atoms with Gasteiger partial charge >= 0.3 is 0 Å². The topological polar surface area (TPSA) is 33.0 Å². The van der Waals surface area contributed by atoms with E-state index in [2.05, 4.69) is 23.5 Å². The fourth-order valence-electron chi connectivity index (χ4n) is 3.52. The molecule has 3 heteroatoms. The van der Waals surface area contributed by atoms with Crippen molar-refractivity contribution >= 4 is 11.5 Å². The number of ketones is 1. The number of hydrogen-bond acceptors (Lipinski definition) is 2. The van der Waals surface area contributed by atoms with Crippen LogP contribution >= 0.6 is 0 Å². The lowest BCUT2D eigenvalue weighted by Gasteiger charge is -2.07. The van der Waals surface area contributed by atoms with E-state index in [1.807, 2.05) is 66.3 Å². The summed E-state index contributed by atoms with van der Waals surface area (Å²) >= 11 is 0. The minimum absolute atomic E-state index is 0.126. The molecule has 0 saturated carbocycles. The van der Waals surface area contributed by atoms with Crippen LogP contribution in [0.2, 0.25) is 0 Å². The first-order valence-corrected chi connectivity index (χ1v) is 8.64. The first-order chi connectivity index (χ1) is 12.2. The van der Waals surface area contributed by atoms with Crippen LogP contribution in [0.1, 0.15) is 33.1 Å². The van der Waals surface area contributed by atoms with Crippen molar-refractivity contribution in [3.63, 3.8) is 0 Å². The Labute approximate surface area is 148 Å². The largest absolute Gasteiger partial charge is 0.381 e. The minimum Gasteiger partial charge on any atom is -0.381 e. The molecule has 0 saturated heterocycles. The molecule has 1 aliphatic rings. The van der Waals surface area contributed by atoms with Crippen molar-refractivity contribution < 1.29 is 9.36 Å². The van der Waals surface area contributed by atoms with Gasteiger partial charge in [-0.25, -0.2) is 0 Å². The van der Waals surface area contributed by atoms with Crippen LogP contribution in [-0.4, -0.2) is 5.78 Å². The Morgan fingerprint density at radius 2 is 1.76 bits per heavy atom. The molecule has 1 aromatic heterocycles. The molecule has 1 aliphatic carbocycles. The van der Waals surface area contributed by atoms with Gasteiger partial charge in [0.25, 0.3) is 0 Å². The van der Waals surface area contributed by atoms with E-state index in [1.54, 1.807) is 0 Å². The van der Waals surface area contributed by atoms with Crippen LogP contribution in [-0.2, 0) is 13.0 Å². The van der Waals surface area contributed by atoms with Crippen LogP contribution in [0.3, 0.4) is 0 Å². The molecule has 1 atom stereocenters. The summed E-state index contributed by atoms with van der Waals surface area (Å²) in [6.45, 7) is 2.80. The Bertz CT molecular complexity index is 901. The summed E-state index contributed by atoms with van der Waals surface area (Å²) in [5.41, 5.74) is 5.45. The standard InChI is InChI=1S/C22H20N2O/c1-16-6-5-9-18-14-20(22(25)21(16)18)24-12-10-19(11-13-24)23-15-17-7-3-2-4-8-17/h2-13,20H,14-15H2,1H3/p+1. The maximum absolute atomic E-state index is 12.8. The quantitative estimate of drug-likeness (QED) is 0.737. The summed E-state index contributed by atoms with van der Waals surface area (Å²) in [5, 5.41) is 3.42. The van der Waals surface area contributed by atoms with Crippen LogP contribution in [0.4, 0.5) is 5.69 Å². The zero-order chi connectivity index (χ0) is 17.2. The lowest BCUT2D eigenvalue weighted by Crippen LogP contribution is -2.42. The number of fused-ring (bicyclic) bond motifs is 1. The Hall–Kier alpha value is -2.94. The number of carbonyl (C=O) groups is 1. The molecule has 3 nitrogen and oxygen atoms in total. The van der Waals surface area contributed by atoms with Crippen molar-refractivity contribution in [2.75, 3.05) is 5.32 Å². The first kappa shape index (κ1) is 15.6. The molecule has 0 radical (unpaired) electrons. The predicted octanol–water partition coefficient (Wildman–Crippen LogP) is 3.87. The molecule has 3 aromatic rings. The Morgan fingerprint density at radius 1 is 1.00 bits per heavy atom. The van der Waals surface area contributed by atoms with E-state index in [0.717, 1.165) is 35.3 Å². The number of benzene rings is 2. The number of nitrogens with zero attached hydrogens (tertiary/aromatic N) is 1. The van der Waals surface area contributed by atoms with E-state index in [-0.39, 0.29) is 11.8 Å². The van der Waals surface area contributed by atoms with Gasteiger partial charge in [-0.05, 0) is 23.6 Å². The van der Waals surface area contributed by atoms with Gasteiger partial charge in [0, 0.05) is 36.3 Å². The van der Waals surface area contributed by atoms with Crippen LogP contribution < -0.4 is 9.88 Å². The molecule has 0 aliphatic heterocycles. The zero-order valence-corrected chi connectivity index (χ0v) is 14.3. The molecular weight excluding hydrogens is 308 g/mol. The third-order valence-corrected chi connectivity index (χ3v) is 4.87. The summed E-state index contributed by atoms with van der Waals surface area (Å²) in [6, 6.07) is 20.4. The molecule has 0 fully saturated rings. The van der Waals surface area contributed by atoms with E-state index >= 15 is 0 Å². The van der Waals surface area contributed by atoms with Gasteiger partial charge < -0.3 is 5.32 Å². The molecule has 25 heavy (non-hydrogen) atoms. The third-order valence-electron chi connectivity index (χ3n) is 4.87. The van der Waals surface area contributed by atoms with Crippen LogP contribution in [0.5, 0.6) is 0 Å². The van der Waals surface area contributed by atoms with Crippen molar-refractivity contribution in [3.8, 4) is 0 Å². The van der Waals surface area contributed by atoms with Gasteiger partial charge in [0.2, 0.25) is 11.8 Å².